The highest BCUT2D eigenvalue weighted by molar-refractivity contribution is 7.18. The number of rotatable bonds is 3. The summed E-state index contributed by atoms with van der Waals surface area (Å²) in [5.41, 5.74) is 1.29. The largest absolute Gasteiger partial charge is 0.473 e. The summed E-state index contributed by atoms with van der Waals surface area (Å²) >= 11 is 1.74. The van der Waals surface area contributed by atoms with Crippen molar-refractivity contribution in [3.63, 3.8) is 0 Å². The van der Waals surface area contributed by atoms with Crippen molar-refractivity contribution in [3.8, 4) is 5.88 Å². The minimum absolute atomic E-state index is 0.181. The molecule has 1 aliphatic heterocycles. The number of hydrogen-bond donors (Lipinski definition) is 0. The molecule has 0 aromatic carbocycles. The maximum atomic E-state index is 5.92. The molecule has 0 radical (unpaired) electrons. The molecule has 0 saturated carbocycles. The summed E-state index contributed by atoms with van der Waals surface area (Å²) in [6.07, 6.45) is 8.73. The highest BCUT2D eigenvalue weighted by Gasteiger charge is 2.24. The molecule has 7 heteroatoms. The van der Waals surface area contributed by atoms with Crippen LogP contribution in [0.4, 0.5) is 5.82 Å². The monoisotopic (exact) mass is 341 g/mol. The molecule has 0 amide bonds. The van der Waals surface area contributed by atoms with E-state index in [-0.39, 0.29) is 6.10 Å². The zero-order chi connectivity index (χ0) is 16.5. The predicted molar refractivity (Wildman–Crippen MR) is 94.8 cm³/mol. The van der Waals surface area contributed by atoms with Gasteiger partial charge in [-0.05, 0) is 19.4 Å². The molecule has 0 bridgehead atoms. The van der Waals surface area contributed by atoms with E-state index in [2.05, 4.69) is 38.7 Å². The van der Waals surface area contributed by atoms with Gasteiger partial charge in [-0.25, -0.2) is 15.0 Å². The molecule has 1 saturated heterocycles. The van der Waals surface area contributed by atoms with Crippen LogP contribution in [0, 0.1) is 13.8 Å². The van der Waals surface area contributed by atoms with Crippen molar-refractivity contribution in [2.45, 2.75) is 32.8 Å². The van der Waals surface area contributed by atoms with Gasteiger partial charge in [0.1, 0.15) is 23.1 Å². The minimum atomic E-state index is 0.181. The lowest BCUT2D eigenvalue weighted by atomic mass is 10.1. The molecular formula is C17H19N5OS. The van der Waals surface area contributed by atoms with Crippen molar-refractivity contribution in [2.24, 2.45) is 0 Å². The van der Waals surface area contributed by atoms with Crippen molar-refractivity contribution in [1.29, 1.82) is 0 Å². The van der Waals surface area contributed by atoms with E-state index in [0.717, 1.165) is 36.6 Å². The van der Waals surface area contributed by atoms with Crippen molar-refractivity contribution in [3.05, 3.63) is 35.4 Å². The first-order valence-electron chi connectivity index (χ1n) is 8.10. The fraction of sp³-hybridized carbons (Fsp3) is 0.412. The summed E-state index contributed by atoms with van der Waals surface area (Å²) < 4.78 is 5.92. The molecule has 0 unspecified atom stereocenters. The molecule has 124 valence electrons. The van der Waals surface area contributed by atoms with Crippen molar-refractivity contribution in [1.82, 2.24) is 19.9 Å². The molecule has 0 atom stereocenters. The third-order valence-corrected chi connectivity index (χ3v) is 5.63. The number of piperidine rings is 1. The minimum Gasteiger partial charge on any atom is -0.473 e. The normalized spacial score (nSPS) is 15.8. The molecule has 24 heavy (non-hydrogen) atoms. The van der Waals surface area contributed by atoms with Crippen molar-refractivity contribution in [2.75, 3.05) is 18.0 Å². The Labute approximate surface area is 144 Å². The number of thiophene rings is 1. The molecule has 3 aromatic rings. The van der Waals surface area contributed by atoms with E-state index in [4.69, 9.17) is 4.74 Å². The topological polar surface area (TPSA) is 64.0 Å². The van der Waals surface area contributed by atoms with Crippen LogP contribution in [0.15, 0.2) is 24.9 Å². The smallest absolute Gasteiger partial charge is 0.232 e. The summed E-state index contributed by atoms with van der Waals surface area (Å²) in [4.78, 5) is 22.0. The second kappa shape index (κ2) is 6.32. The lowest BCUT2D eigenvalue weighted by Gasteiger charge is -2.33. The van der Waals surface area contributed by atoms with Gasteiger partial charge in [-0.2, -0.15) is 0 Å². The van der Waals surface area contributed by atoms with Crippen LogP contribution < -0.4 is 9.64 Å². The van der Waals surface area contributed by atoms with Crippen molar-refractivity contribution >= 4 is 27.4 Å². The van der Waals surface area contributed by atoms with Gasteiger partial charge in [0.25, 0.3) is 0 Å². The van der Waals surface area contributed by atoms with E-state index < -0.39 is 0 Å². The van der Waals surface area contributed by atoms with Crippen LogP contribution in [-0.4, -0.2) is 39.1 Å². The van der Waals surface area contributed by atoms with E-state index in [9.17, 15) is 0 Å². The van der Waals surface area contributed by atoms with Gasteiger partial charge in [0.2, 0.25) is 5.88 Å². The Hall–Kier alpha value is -2.28. The Morgan fingerprint density at radius 1 is 1.12 bits per heavy atom. The zero-order valence-corrected chi connectivity index (χ0v) is 14.6. The first-order valence-corrected chi connectivity index (χ1v) is 8.92. The van der Waals surface area contributed by atoms with E-state index in [1.165, 1.54) is 15.8 Å². The molecule has 0 aliphatic carbocycles. The second-order valence-electron chi connectivity index (χ2n) is 6.01. The number of hydrogen-bond acceptors (Lipinski definition) is 7. The van der Waals surface area contributed by atoms with Crippen LogP contribution in [0.3, 0.4) is 0 Å². The number of aromatic nitrogens is 4. The first-order chi connectivity index (χ1) is 11.7. The van der Waals surface area contributed by atoms with E-state index >= 15 is 0 Å². The number of aryl methyl sites for hydroxylation is 2. The van der Waals surface area contributed by atoms with Gasteiger partial charge in [-0.15, -0.1) is 11.3 Å². The summed E-state index contributed by atoms with van der Waals surface area (Å²) in [6, 6.07) is 0. The van der Waals surface area contributed by atoms with Crippen LogP contribution in [0.5, 0.6) is 5.88 Å². The Morgan fingerprint density at radius 3 is 2.71 bits per heavy atom. The highest BCUT2D eigenvalue weighted by atomic mass is 32.1. The van der Waals surface area contributed by atoms with Crippen LogP contribution in [0.25, 0.3) is 10.2 Å². The SMILES string of the molecule is Cc1sc2ncnc(N3CCC(Oc4cnccn4)CC3)c2c1C. The summed E-state index contributed by atoms with van der Waals surface area (Å²) in [7, 11) is 0. The Morgan fingerprint density at radius 2 is 1.96 bits per heavy atom. The lowest BCUT2D eigenvalue weighted by molar-refractivity contribution is 0.163. The van der Waals surface area contributed by atoms with Gasteiger partial charge >= 0.3 is 0 Å². The molecule has 0 N–H and O–H groups in total. The summed E-state index contributed by atoms with van der Waals surface area (Å²) in [5, 5.41) is 1.20. The summed E-state index contributed by atoms with van der Waals surface area (Å²) in [5.74, 6) is 1.66. The predicted octanol–water partition coefficient (Wildman–Crippen LogP) is 3.15. The third-order valence-electron chi connectivity index (χ3n) is 4.51. The molecule has 1 aliphatic rings. The number of fused-ring (bicyclic) bond motifs is 1. The van der Waals surface area contributed by atoms with Gasteiger partial charge in [0.05, 0.1) is 11.6 Å². The van der Waals surface area contributed by atoms with E-state index in [1.54, 1.807) is 36.3 Å². The number of anilines is 1. The van der Waals surface area contributed by atoms with Gasteiger partial charge in [0.15, 0.2) is 0 Å². The fourth-order valence-corrected chi connectivity index (χ4v) is 4.10. The Kier molecular flexibility index (Phi) is 4.02. The Balaban J connectivity index is 1.50. The van der Waals surface area contributed by atoms with Gasteiger partial charge < -0.3 is 9.64 Å². The van der Waals surface area contributed by atoms with E-state index in [1.807, 2.05) is 0 Å². The molecular weight excluding hydrogens is 322 g/mol. The molecule has 1 fully saturated rings. The van der Waals surface area contributed by atoms with Gasteiger partial charge in [-0.1, -0.05) is 0 Å². The van der Waals surface area contributed by atoms with Crippen LogP contribution in [0.2, 0.25) is 0 Å². The molecule has 0 spiro atoms. The van der Waals surface area contributed by atoms with Crippen molar-refractivity contribution < 1.29 is 4.74 Å². The maximum absolute atomic E-state index is 5.92. The van der Waals surface area contributed by atoms with E-state index in [0.29, 0.717) is 5.88 Å². The molecule has 4 heterocycles. The number of ether oxygens (including phenoxy) is 1. The first kappa shape index (κ1) is 15.3. The van der Waals surface area contributed by atoms with Gasteiger partial charge in [-0.3, -0.25) is 4.98 Å². The van der Waals surface area contributed by atoms with Crippen LogP contribution >= 0.6 is 11.3 Å². The molecule has 4 rings (SSSR count). The quantitative estimate of drug-likeness (QED) is 0.729. The standard InChI is InChI=1S/C17H19N5OS/c1-11-12(2)24-17-15(11)16(20-10-21-17)22-7-3-13(4-8-22)23-14-9-18-5-6-19-14/h5-6,9-10,13H,3-4,7-8H2,1-2H3. The average Bonchev–Trinajstić information content (AvgIpc) is 2.91. The summed E-state index contributed by atoms with van der Waals surface area (Å²) in [6.45, 7) is 6.15. The van der Waals surface area contributed by atoms with Gasteiger partial charge in [0, 0.05) is 43.2 Å². The van der Waals surface area contributed by atoms with Crippen LogP contribution in [-0.2, 0) is 0 Å². The lowest BCUT2D eigenvalue weighted by Crippen LogP contribution is -2.39. The van der Waals surface area contributed by atoms with Crippen LogP contribution in [0.1, 0.15) is 23.3 Å². The Bertz CT molecular complexity index is 843. The average molecular weight is 341 g/mol. The fourth-order valence-electron chi connectivity index (χ4n) is 3.11. The third kappa shape index (κ3) is 2.80. The second-order valence-corrected chi connectivity index (χ2v) is 7.21. The number of nitrogens with zero attached hydrogens (tertiary/aromatic N) is 5. The molecule has 6 nitrogen and oxygen atoms in total. The zero-order valence-electron chi connectivity index (χ0n) is 13.8. The highest BCUT2D eigenvalue weighted by Crippen LogP contribution is 2.35. The molecule has 3 aromatic heterocycles. The maximum Gasteiger partial charge on any atom is 0.232 e.